The first-order valence-corrected chi connectivity index (χ1v) is 18.7. The van der Waals surface area contributed by atoms with E-state index in [0.29, 0.717) is 5.95 Å². The second-order valence-corrected chi connectivity index (χ2v) is 14.9. The molecule has 4 heterocycles. The summed E-state index contributed by atoms with van der Waals surface area (Å²) >= 11 is 1.80. The van der Waals surface area contributed by atoms with Gasteiger partial charge in [0.1, 0.15) is 0 Å². The molecule has 5 heteroatoms. The van der Waals surface area contributed by atoms with Crippen LogP contribution in [-0.2, 0) is 0 Å². The number of nitrogens with zero attached hydrogens (tertiary/aromatic N) is 4. The summed E-state index contributed by atoms with van der Waals surface area (Å²) in [6.07, 6.45) is 0. The van der Waals surface area contributed by atoms with E-state index in [1.165, 1.54) is 70.0 Å². The fourth-order valence-electron chi connectivity index (χ4n) is 8.59. The summed E-state index contributed by atoms with van der Waals surface area (Å²) in [7, 11) is 0. The molecule has 0 N–H and O–H groups in total. The van der Waals surface area contributed by atoms with E-state index in [1.807, 2.05) is 0 Å². The zero-order valence-electron chi connectivity index (χ0n) is 28.4. The quantitative estimate of drug-likeness (QED) is 0.185. The van der Waals surface area contributed by atoms with Crippen LogP contribution in [0.2, 0.25) is 0 Å². The standard InChI is InChI=1S/C48H28N4S/c1-2-11-32(12-3-1)51-40-18-8-5-14-35(40)45-33-24-21-29(27-31(33)23-26-42(45)51)30-22-25-41-37(28-30)34-13-4-7-17-39(34)52(41)48-49-38-16-10-20-44-46(38)47(50-48)36-15-6-9-19-43(36)53-44/h1-28H. The van der Waals surface area contributed by atoms with Crippen molar-refractivity contribution < 1.29 is 0 Å². The van der Waals surface area contributed by atoms with Gasteiger partial charge in [0.05, 0.1) is 33.3 Å². The van der Waals surface area contributed by atoms with Crippen molar-refractivity contribution in [2.75, 3.05) is 0 Å². The van der Waals surface area contributed by atoms with Crippen LogP contribution in [0.4, 0.5) is 0 Å². The van der Waals surface area contributed by atoms with Crippen molar-refractivity contribution in [2.45, 2.75) is 9.79 Å². The molecule has 4 nitrogen and oxygen atoms in total. The van der Waals surface area contributed by atoms with Crippen molar-refractivity contribution in [3.05, 3.63) is 170 Å². The number of para-hydroxylation sites is 3. The first-order chi connectivity index (χ1) is 26.3. The average molecular weight is 693 g/mol. The van der Waals surface area contributed by atoms with Crippen LogP contribution in [0.25, 0.3) is 99.3 Å². The summed E-state index contributed by atoms with van der Waals surface area (Å²) in [6, 6.07) is 61.3. The molecular formula is C48H28N4S. The Kier molecular flexibility index (Phi) is 5.96. The van der Waals surface area contributed by atoms with Gasteiger partial charge in [0.15, 0.2) is 0 Å². The van der Waals surface area contributed by atoms with E-state index >= 15 is 0 Å². The molecule has 0 atom stereocenters. The lowest BCUT2D eigenvalue weighted by Gasteiger charge is -2.20. The maximum absolute atomic E-state index is 5.33. The fraction of sp³-hybridized carbons (Fsp3) is 0. The molecule has 0 aliphatic carbocycles. The maximum atomic E-state index is 5.33. The van der Waals surface area contributed by atoms with Crippen molar-refractivity contribution in [3.8, 4) is 34.0 Å². The molecule has 0 fully saturated rings. The molecule has 0 bridgehead atoms. The van der Waals surface area contributed by atoms with Crippen LogP contribution < -0.4 is 0 Å². The molecule has 0 spiro atoms. The van der Waals surface area contributed by atoms with Gasteiger partial charge < -0.3 is 4.57 Å². The SMILES string of the molecule is c1ccc(-n2c3ccccc3c3c4ccc(-c5ccc6c(c5)c5ccccc5n6-c5nc6c7c(cccc7n5)Sc5ccccc5-6)cc4ccc32)cc1. The largest absolute Gasteiger partial charge is 0.309 e. The molecule has 0 saturated carbocycles. The molecule has 1 aliphatic rings. The average Bonchev–Trinajstić information content (AvgIpc) is 3.74. The lowest BCUT2D eigenvalue weighted by molar-refractivity contribution is 1.01. The predicted octanol–water partition coefficient (Wildman–Crippen LogP) is 12.8. The van der Waals surface area contributed by atoms with Gasteiger partial charge in [0.2, 0.25) is 5.95 Å². The number of hydrogen-bond donors (Lipinski definition) is 0. The van der Waals surface area contributed by atoms with E-state index in [4.69, 9.17) is 9.97 Å². The van der Waals surface area contributed by atoms with Crippen molar-refractivity contribution in [1.82, 2.24) is 19.1 Å². The lowest BCUT2D eigenvalue weighted by atomic mass is 9.97. The Labute approximate surface area is 308 Å². The topological polar surface area (TPSA) is 35.6 Å². The highest BCUT2D eigenvalue weighted by atomic mass is 32.2. The molecule has 11 aromatic rings. The Morgan fingerprint density at radius 2 is 1.11 bits per heavy atom. The number of hydrogen-bond acceptors (Lipinski definition) is 3. The summed E-state index contributed by atoms with van der Waals surface area (Å²) < 4.78 is 4.62. The second kappa shape index (κ2) is 10.9. The van der Waals surface area contributed by atoms with Gasteiger partial charge in [-0.3, -0.25) is 4.57 Å². The maximum Gasteiger partial charge on any atom is 0.235 e. The molecular weight excluding hydrogens is 665 g/mol. The second-order valence-electron chi connectivity index (χ2n) is 13.8. The fourth-order valence-corrected chi connectivity index (χ4v) is 9.70. The van der Waals surface area contributed by atoms with Crippen LogP contribution in [-0.4, -0.2) is 19.1 Å². The Morgan fingerprint density at radius 3 is 2.02 bits per heavy atom. The van der Waals surface area contributed by atoms with Gasteiger partial charge in [-0.15, -0.1) is 0 Å². The first-order valence-electron chi connectivity index (χ1n) is 17.9. The third-order valence-electron chi connectivity index (χ3n) is 10.9. The van der Waals surface area contributed by atoms with Crippen LogP contribution in [0.3, 0.4) is 0 Å². The number of benzene rings is 8. The van der Waals surface area contributed by atoms with E-state index in [-0.39, 0.29) is 0 Å². The Bertz CT molecular complexity index is 3320. The molecule has 0 amide bonds. The van der Waals surface area contributed by atoms with Crippen LogP contribution in [0, 0.1) is 0 Å². The summed E-state index contributed by atoms with van der Waals surface area (Å²) in [5.74, 6) is 0.690. The predicted molar refractivity (Wildman–Crippen MR) is 221 cm³/mol. The zero-order chi connectivity index (χ0) is 34.6. The van der Waals surface area contributed by atoms with Crippen LogP contribution in [0.15, 0.2) is 180 Å². The molecule has 3 aromatic heterocycles. The summed E-state index contributed by atoms with van der Waals surface area (Å²) in [6.45, 7) is 0. The van der Waals surface area contributed by atoms with Crippen LogP contribution in [0.1, 0.15) is 0 Å². The minimum absolute atomic E-state index is 0.690. The van der Waals surface area contributed by atoms with Crippen LogP contribution >= 0.6 is 11.8 Å². The van der Waals surface area contributed by atoms with E-state index < -0.39 is 0 Å². The third kappa shape index (κ3) is 4.14. The van der Waals surface area contributed by atoms with Crippen molar-refractivity contribution in [1.29, 1.82) is 0 Å². The van der Waals surface area contributed by atoms with E-state index in [1.54, 1.807) is 11.8 Å². The van der Waals surface area contributed by atoms with Crippen LogP contribution in [0.5, 0.6) is 0 Å². The molecule has 12 rings (SSSR count). The third-order valence-corrected chi connectivity index (χ3v) is 12.0. The van der Waals surface area contributed by atoms with Gasteiger partial charge in [-0.05, 0) is 88.6 Å². The Hall–Kier alpha value is -6.69. The summed E-state index contributed by atoms with van der Waals surface area (Å²) in [4.78, 5) is 13.0. The smallest absolute Gasteiger partial charge is 0.235 e. The number of aromatic nitrogens is 4. The van der Waals surface area contributed by atoms with Gasteiger partial charge >= 0.3 is 0 Å². The Balaban J connectivity index is 1.04. The minimum Gasteiger partial charge on any atom is -0.309 e. The molecule has 1 aliphatic heterocycles. The molecule has 0 unspecified atom stereocenters. The van der Waals surface area contributed by atoms with E-state index in [2.05, 4.69) is 179 Å². The number of fused-ring (bicyclic) bond motifs is 10. The highest BCUT2D eigenvalue weighted by Gasteiger charge is 2.24. The monoisotopic (exact) mass is 692 g/mol. The normalized spacial score (nSPS) is 12.5. The molecule has 246 valence electrons. The lowest BCUT2D eigenvalue weighted by Crippen LogP contribution is -2.05. The summed E-state index contributed by atoms with van der Waals surface area (Å²) in [5, 5.41) is 8.53. The molecule has 8 aromatic carbocycles. The minimum atomic E-state index is 0.690. The molecule has 0 radical (unpaired) electrons. The number of rotatable bonds is 3. The van der Waals surface area contributed by atoms with E-state index in [9.17, 15) is 0 Å². The van der Waals surface area contributed by atoms with Gasteiger partial charge in [0.25, 0.3) is 0 Å². The molecule has 53 heavy (non-hydrogen) atoms. The zero-order valence-corrected chi connectivity index (χ0v) is 29.2. The first kappa shape index (κ1) is 28.9. The van der Waals surface area contributed by atoms with Crippen molar-refractivity contribution in [3.63, 3.8) is 0 Å². The van der Waals surface area contributed by atoms with Crippen molar-refractivity contribution in [2.24, 2.45) is 0 Å². The van der Waals surface area contributed by atoms with Gasteiger partial charge in [-0.25, -0.2) is 9.97 Å². The molecule has 0 saturated heterocycles. The van der Waals surface area contributed by atoms with E-state index in [0.717, 1.165) is 33.2 Å². The van der Waals surface area contributed by atoms with Gasteiger partial charge in [-0.2, -0.15) is 0 Å². The van der Waals surface area contributed by atoms with Crippen molar-refractivity contribution >= 4 is 77.0 Å². The van der Waals surface area contributed by atoms with Gasteiger partial charge in [-0.1, -0.05) is 115 Å². The van der Waals surface area contributed by atoms with Gasteiger partial charge in [0, 0.05) is 48.0 Å². The highest BCUT2D eigenvalue weighted by Crippen LogP contribution is 2.47. The Morgan fingerprint density at radius 1 is 0.415 bits per heavy atom. The highest BCUT2D eigenvalue weighted by molar-refractivity contribution is 7.99. The summed E-state index contributed by atoms with van der Waals surface area (Å²) in [5.41, 5.74) is 11.3.